The van der Waals surface area contributed by atoms with Crippen molar-refractivity contribution in [1.29, 1.82) is 0 Å². The summed E-state index contributed by atoms with van der Waals surface area (Å²) in [4.78, 5) is 13.2. The van der Waals surface area contributed by atoms with Gasteiger partial charge in [-0.05, 0) is 61.1 Å². The minimum Gasteiger partial charge on any atom is -0.382 e. The summed E-state index contributed by atoms with van der Waals surface area (Å²) >= 11 is 0. The van der Waals surface area contributed by atoms with E-state index in [-0.39, 0.29) is 23.4 Å². The number of carbonyl (C=O) groups excluding carboxylic acids is 1. The van der Waals surface area contributed by atoms with Gasteiger partial charge in [0.2, 0.25) is 0 Å². The maximum atomic E-state index is 13.7. The lowest BCUT2D eigenvalue weighted by Crippen LogP contribution is -2.20. The Labute approximate surface area is 158 Å². The van der Waals surface area contributed by atoms with E-state index in [9.17, 15) is 9.18 Å². The number of hydrogen-bond acceptors (Lipinski definition) is 3. The monoisotopic (exact) mass is 365 g/mol. The zero-order valence-electron chi connectivity index (χ0n) is 15.2. The number of nitrogens with zero attached hydrogens (tertiary/aromatic N) is 1. The molecule has 0 saturated heterocycles. The lowest BCUT2D eigenvalue weighted by atomic mass is 9.78. The van der Waals surface area contributed by atoms with Gasteiger partial charge in [0.15, 0.2) is 11.6 Å². The molecule has 4 rings (SSSR count). The quantitative estimate of drug-likeness (QED) is 0.625. The number of nitrogens with two attached hydrogens (primary N) is 1. The maximum absolute atomic E-state index is 13.7. The molecule has 1 aliphatic rings. The van der Waals surface area contributed by atoms with E-state index in [4.69, 9.17) is 5.73 Å². The van der Waals surface area contributed by atoms with Gasteiger partial charge in [-0.1, -0.05) is 31.4 Å². The molecule has 0 radical (unpaired) electrons. The first-order valence-electron chi connectivity index (χ1n) is 9.65. The number of H-pyrrole nitrogens is 1. The third kappa shape index (κ3) is 3.72. The van der Waals surface area contributed by atoms with Crippen LogP contribution in [-0.2, 0) is 0 Å². The number of ketones is 1. The van der Waals surface area contributed by atoms with E-state index in [1.807, 2.05) is 24.3 Å². The molecule has 1 heterocycles. The molecule has 0 spiro atoms. The summed E-state index contributed by atoms with van der Waals surface area (Å²) in [6.45, 7) is 0. The van der Waals surface area contributed by atoms with E-state index in [0.29, 0.717) is 11.4 Å². The topological polar surface area (TPSA) is 71.8 Å². The highest BCUT2D eigenvalue weighted by atomic mass is 19.1. The first kappa shape index (κ1) is 17.7. The second kappa shape index (κ2) is 7.51. The van der Waals surface area contributed by atoms with Gasteiger partial charge in [-0.25, -0.2) is 4.39 Å². The molecule has 1 fully saturated rings. The van der Waals surface area contributed by atoms with E-state index >= 15 is 0 Å². The fraction of sp³-hybridized carbons (Fsp3) is 0.364. The number of benzene rings is 2. The van der Waals surface area contributed by atoms with Crippen LogP contribution in [0.3, 0.4) is 0 Å². The summed E-state index contributed by atoms with van der Waals surface area (Å²) in [5.74, 6) is 0.524. The molecule has 5 heteroatoms. The molecule has 1 aromatic heterocycles. The minimum atomic E-state index is -0.210. The molecule has 140 valence electrons. The average molecular weight is 365 g/mol. The summed E-state index contributed by atoms with van der Waals surface area (Å²) in [5.41, 5.74) is 8.41. The minimum absolute atomic E-state index is 0.0517. The SMILES string of the molecule is Nc1n[nH]c2ccc(C(=O)C3CCCCCC(c4cccc(F)c4)C3)cc12. The standard InChI is InChI=1S/C22H24FN3O/c23-18-8-4-7-15(12-18)14-5-2-1-3-6-16(11-14)21(27)17-9-10-20-19(13-17)22(24)26-25-20/h4,7-10,12-14,16H,1-3,5-6,11H2,(H3,24,25,26). The molecule has 2 atom stereocenters. The summed E-state index contributed by atoms with van der Waals surface area (Å²) in [5, 5.41) is 7.65. The Bertz CT molecular complexity index is 965. The van der Waals surface area contributed by atoms with Crippen LogP contribution in [0.5, 0.6) is 0 Å². The summed E-state index contributed by atoms with van der Waals surface area (Å²) in [7, 11) is 0. The van der Waals surface area contributed by atoms with E-state index < -0.39 is 0 Å². The molecule has 3 aromatic rings. The van der Waals surface area contributed by atoms with Gasteiger partial charge >= 0.3 is 0 Å². The number of halogens is 1. The van der Waals surface area contributed by atoms with Gasteiger partial charge in [0, 0.05) is 16.9 Å². The Balaban J connectivity index is 1.61. The summed E-state index contributed by atoms with van der Waals surface area (Å²) < 4.78 is 13.7. The fourth-order valence-corrected chi connectivity index (χ4v) is 4.26. The third-order valence-corrected chi connectivity index (χ3v) is 5.74. The average Bonchev–Trinajstić information content (AvgIpc) is 3.02. The second-order valence-corrected chi connectivity index (χ2v) is 7.56. The van der Waals surface area contributed by atoms with Crippen molar-refractivity contribution in [3.8, 4) is 0 Å². The first-order valence-corrected chi connectivity index (χ1v) is 9.65. The predicted molar refractivity (Wildman–Crippen MR) is 105 cm³/mol. The number of aromatic amines is 1. The van der Waals surface area contributed by atoms with E-state index in [2.05, 4.69) is 10.2 Å². The number of anilines is 1. The smallest absolute Gasteiger partial charge is 0.165 e. The van der Waals surface area contributed by atoms with Crippen LogP contribution in [0.4, 0.5) is 10.2 Å². The molecule has 4 nitrogen and oxygen atoms in total. The molecule has 2 unspecified atom stereocenters. The molecular weight excluding hydrogens is 341 g/mol. The lowest BCUT2D eigenvalue weighted by molar-refractivity contribution is 0.0892. The van der Waals surface area contributed by atoms with Crippen LogP contribution in [0.2, 0.25) is 0 Å². The third-order valence-electron chi connectivity index (χ3n) is 5.74. The van der Waals surface area contributed by atoms with Crippen molar-refractivity contribution in [2.24, 2.45) is 5.92 Å². The van der Waals surface area contributed by atoms with Gasteiger partial charge in [0.25, 0.3) is 0 Å². The molecule has 2 aromatic carbocycles. The predicted octanol–water partition coefficient (Wildman–Crippen LogP) is 5.22. The van der Waals surface area contributed by atoms with Crippen molar-refractivity contribution < 1.29 is 9.18 Å². The van der Waals surface area contributed by atoms with Crippen LogP contribution >= 0.6 is 0 Å². The van der Waals surface area contributed by atoms with Crippen molar-refractivity contribution in [3.63, 3.8) is 0 Å². The van der Waals surface area contributed by atoms with Gasteiger partial charge in [0.05, 0.1) is 5.52 Å². The zero-order valence-corrected chi connectivity index (χ0v) is 15.2. The Kier molecular flexibility index (Phi) is 4.92. The number of aromatic nitrogens is 2. The second-order valence-electron chi connectivity index (χ2n) is 7.56. The van der Waals surface area contributed by atoms with Gasteiger partial charge in [-0.3, -0.25) is 9.89 Å². The Morgan fingerprint density at radius 3 is 2.81 bits per heavy atom. The Hall–Kier alpha value is -2.69. The van der Waals surface area contributed by atoms with Crippen molar-refractivity contribution in [3.05, 3.63) is 59.4 Å². The lowest BCUT2D eigenvalue weighted by Gasteiger charge is -2.26. The molecule has 1 aliphatic carbocycles. The van der Waals surface area contributed by atoms with Gasteiger partial charge in [0.1, 0.15) is 5.82 Å². The molecule has 0 bridgehead atoms. The maximum Gasteiger partial charge on any atom is 0.165 e. The first-order chi connectivity index (χ1) is 13.1. The van der Waals surface area contributed by atoms with E-state index in [0.717, 1.165) is 55.0 Å². The molecule has 3 N–H and O–H groups in total. The molecule has 27 heavy (non-hydrogen) atoms. The largest absolute Gasteiger partial charge is 0.382 e. The normalized spacial score (nSPS) is 20.9. The van der Waals surface area contributed by atoms with Crippen LogP contribution < -0.4 is 5.73 Å². The van der Waals surface area contributed by atoms with Crippen molar-refractivity contribution in [2.45, 2.75) is 44.4 Å². The summed E-state index contributed by atoms with van der Waals surface area (Å²) in [6, 6.07) is 12.4. The highest BCUT2D eigenvalue weighted by Gasteiger charge is 2.27. The van der Waals surface area contributed by atoms with Crippen molar-refractivity contribution in [1.82, 2.24) is 10.2 Å². The van der Waals surface area contributed by atoms with Crippen LogP contribution in [0.15, 0.2) is 42.5 Å². The Morgan fingerprint density at radius 1 is 1.11 bits per heavy atom. The number of fused-ring (bicyclic) bond motifs is 1. The highest BCUT2D eigenvalue weighted by molar-refractivity contribution is 6.02. The number of nitrogens with one attached hydrogen (secondary N) is 1. The number of nitrogen functional groups attached to an aromatic ring is 1. The van der Waals surface area contributed by atoms with E-state index in [1.54, 1.807) is 12.1 Å². The van der Waals surface area contributed by atoms with Gasteiger partial charge < -0.3 is 5.73 Å². The van der Waals surface area contributed by atoms with Gasteiger partial charge in [-0.2, -0.15) is 5.10 Å². The van der Waals surface area contributed by atoms with E-state index in [1.165, 1.54) is 6.07 Å². The number of Topliss-reactive ketones (excluding diaryl/α,β-unsaturated/α-hetero) is 1. The molecule has 0 aliphatic heterocycles. The van der Waals surface area contributed by atoms with Crippen LogP contribution in [0.25, 0.3) is 10.9 Å². The summed E-state index contributed by atoms with van der Waals surface area (Å²) in [6.07, 6.45) is 5.94. The van der Waals surface area contributed by atoms with Crippen LogP contribution in [0, 0.1) is 11.7 Å². The van der Waals surface area contributed by atoms with Crippen LogP contribution in [0.1, 0.15) is 60.4 Å². The van der Waals surface area contributed by atoms with Crippen molar-refractivity contribution in [2.75, 3.05) is 5.73 Å². The molecule has 0 amide bonds. The molecular formula is C22H24FN3O. The number of carbonyl (C=O) groups is 1. The number of rotatable bonds is 3. The zero-order chi connectivity index (χ0) is 18.8. The highest BCUT2D eigenvalue weighted by Crippen LogP contribution is 2.36. The molecule has 1 saturated carbocycles. The Morgan fingerprint density at radius 2 is 1.96 bits per heavy atom. The van der Waals surface area contributed by atoms with Crippen molar-refractivity contribution >= 4 is 22.5 Å². The number of hydrogen-bond donors (Lipinski definition) is 2. The van der Waals surface area contributed by atoms with Crippen LogP contribution in [-0.4, -0.2) is 16.0 Å². The fourth-order valence-electron chi connectivity index (χ4n) is 4.26. The van der Waals surface area contributed by atoms with Gasteiger partial charge in [-0.15, -0.1) is 0 Å².